The minimum Gasteiger partial charge on any atom is -1.00 e. The van der Waals surface area contributed by atoms with E-state index in [1.165, 1.54) is 125 Å². The number of halogens is 2. The van der Waals surface area contributed by atoms with E-state index in [9.17, 15) is 0 Å². The fourth-order valence-electron chi connectivity index (χ4n) is 4.75. The molecule has 0 fully saturated rings. The van der Waals surface area contributed by atoms with E-state index < -0.39 is 0 Å². The molecule has 44 heavy (non-hydrogen) atoms. The van der Waals surface area contributed by atoms with Gasteiger partial charge in [-0.15, -0.1) is 25.7 Å². The molecular weight excluding hydrogens is 734 g/mol. The van der Waals surface area contributed by atoms with Gasteiger partial charge >= 0.3 is 52.4 Å². The van der Waals surface area contributed by atoms with Crippen molar-refractivity contribution < 1.29 is 77.2 Å². The van der Waals surface area contributed by atoms with Crippen LogP contribution in [-0.4, -0.2) is 0 Å². The van der Waals surface area contributed by atoms with E-state index in [1.807, 2.05) is 0 Å². The van der Waals surface area contributed by atoms with Gasteiger partial charge in [0.1, 0.15) is 0 Å². The predicted molar refractivity (Wildman–Crippen MR) is 179 cm³/mol. The molecule has 4 rings (SSSR count). The van der Waals surface area contributed by atoms with Crippen LogP contribution in [-0.2, 0) is 52.4 Å². The van der Waals surface area contributed by atoms with Gasteiger partial charge in [0.2, 0.25) is 0 Å². The van der Waals surface area contributed by atoms with Crippen molar-refractivity contribution in [3.05, 3.63) is 95.2 Å². The van der Waals surface area contributed by atoms with Gasteiger partial charge in [-0.25, -0.2) is 46.6 Å². The van der Waals surface area contributed by atoms with Crippen molar-refractivity contribution in [2.75, 3.05) is 0 Å². The smallest absolute Gasteiger partial charge is 1.00 e. The van der Waals surface area contributed by atoms with E-state index in [2.05, 4.69) is 101 Å². The summed E-state index contributed by atoms with van der Waals surface area (Å²) in [5.74, 6) is 0. The summed E-state index contributed by atoms with van der Waals surface area (Å²) in [5.41, 5.74) is 5.70. The Morgan fingerprint density at radius 1 is 0.386 bits per heavy atom. The Morgan fingerprint density at radius 3 is 0.727 bits per heavy atom. The van der Waals surface area contributed by atoms with Gasteiger partial charge < -0.3 is 24.8 Å². The SMILES string of the molecule is CCCCCC1=[C-]CC=C1.CCCCCC1=[C-]CC=C1.CCCCCC1=[C-]CC=C1.CCCCCC1=[C-]CC=C1.[Cl-].[Cl-].[Zr+2].[Zr+2]. The molecule has 0 amide bonds. The third-order valence-corrected chi connectivity index (χ3v) is 7.26. The zero-order chi connectivity index (χ0) is 28.9. The van der Waals surface area contributed by atoms with Crippen molar-refractivity contribution >= 4 is 0 Å². The van der Waals surface area contributed by atoms with Crippen molar-refractivity contribution in [3.63, 3.8) is 0 Å². The van der Waals surface area contributed by atoms with Gasteiger partial charge in [-0.3, -0.25) is 24.3 Å². The molecule has 0 bridgehead atoms. The quantitative estimate of drug-likeness (QED) is 0.117. The van der Waals surface area contributed by atoms with Gasteiger partial charge in [0.25, 0.3) is 0 Å². The molecular formula is C40H60Cl2Zr2-2. The number of rotatable bonds is 16. The third kappa shape index (κ3) is 30.9. The average Bonchev–Trinajstić information content (AvgIpc) is 3.80. The summed E-state index contributed by atoms with van der Waals surface area (Å²) in [4.78, 5) is 0. The van der Waals surface area contributed by atoms with E-state index in [0.29, 0.717) is 0 Å². The average molecular weight is 794 g/mol. The second-order valence-corrected chi connectivity index (χ2v) is 11.1. The van der Waals surface area contributed by atoms with E-state index >= 15 is 0 Å². The van der Waals surface area contributed by atoms with Gasteiger partial charge in [-0.2, -0.15) is 24.3 Å². The molecule has 244 valence electrons. The van der Waals surface area contributed by atoms with Crippen molar-refractivity contribution in [2.24, 2.45) is 0 Å². The Balaban J connectivity index is -0.000000235. The zero-order valence-corrected chi connectivity index (χ0v) is 34.9. The van der Waals surface area contributed by atoms with Crippen LogP contribution in [0.3, 0.4) is 0 Å². The van der Waals surface area contributed by atoms with Crippen molar-refractivity contribution in [1.82, 2.24) is 0 Å². The second kappa shape index (κ2) is 39.4. The standard InChI is InChI=1S/4C10H15.2ClH.2Zr/c4*1-2-3-4-7-10-8-5-6-9-10;;;;/h4*5,8H,2-4,6-7H2,1H3;2*1H;;/q4*-1;;;2*+2/p-2. The van der Waals surface area contributed by atoms with Crippen LogP contribution in [0.15, 0.2) is 70.9 Å². The number of hydrogen-bond acceptors (Lipinski definition) is 0. The molecule has 0 saturated heterocycles. The normalized spacial score (nSPS) is 14.5. The van der Waals surface area contributed by atoms with Gasteiger partial charge in [-0.1, -0.05) is 130 Å². The summed E-state index contributed by atoms with van der Waals surface area (Å²) in [6.07, 6.45) is 56.0. The molecule has 0 atom stereocenters. The summed E-state index contributed by atoms with van der Waals surface area (Å²) < 4.78 is 0. The van der Waals surface area contributed by atoms with Crippen LogP contribution in [0.1, 0.15) is 156 Å². The topological polar surface area (TPSA) is 0 Å². The molecule has 0 N–H and O–H groups in total. The Morgan fingerprint density at radius 2 is 0.591 bits per heavy atom. The van der Waals surface area contributed by atoms with Gasteiger partial charge in [0, 0.05) is 0 Å². The molecule has 0 nitrogen and oxygen atoms in total. The van der Waals surface area contributed by atoms with Crippen LogP contribution < -0.4 is 24.8 Å². The molecule has 0 spiro atoms. The number of unbranched alkanes of at least 4 members (excludes halogenated alkanes) is 8. The first kappa shape index (κ1) is 51.1. The number of hydrogen-bond donors (Lipinski definition) is 0. The summed E-state index contributed by atoms with van der Waals surface area (Å²) in [7, 11) is 0. The van der Waals surface area contributed by atoms with Crippen LogP contribution in [0.4, 0.5) is 0 Å². The maximum Gasteiger partial charge on any atom is 2.00 e. The predicted octanol–water partition coefficient (Wildman–Crippen LogP) is 7.03. The van der Waals surface area contributed by atoms with E-state index in [0.717, 1.165) is 25.7 Å². The van der Waals surface area contributed by atoms with Gasteiger partial charge in [-0.05, 0) is 0 Å². The Bertz CT molecular complexity index is 728. The van der Waals surface area contributed by atoms with Gasteiger partial charge in [0.05, 0.1) is 0 Å². The number of allylic oxidation sites excluding steroid dienone is 16. The first-order valence-corrected chi connectivity index (χ1v) is 16.8. The monoisotopic (exact) mass is 790 g/mol. The first-order chi connectivity index (χ1) is 19.7. The van der Waals surface area contributed by atoms with Crippen LogP contribution >= 0.6 is 0 Å². The molecule has 0 saturated carbocycles. The fourth-order valence-corrected chi connectivity index (χ4v) is 4.75. The largest absolute Gasteiger partial charge is 2.00 e. The molecule has 0 unspecified atom stereocenters. The third-order valence-electron chi connectivity index (χ3n) is 7.26. The summed E-state index contributed by atoms with van der Waals surface area (Å²) in [6, 6.07) is 0. The maximum atomic E-state index is 3.32. The van der Waals surface area contributed by atoms with E-state index in [4.69, 9.17) is 0 Å². The van der Waals surface area contributed by atoms with Crippen LogP contribution in [0.25, 0.3) is 0 Å². The van der Waals surface area contributed by atoms with Crippen molar-refractivity contribution in [2.45, 2.75) is 156 Å². The van der Waals surface area contributed by atoms with Crippen molar-refractivity contribution in [3.8, 4) is 0 Å². The molecule has 4 heteroatoms. The second-order valence-electron chi connectivity index (χ2n) is 11.1. The first-order valence-electron chi connectivity index (χ1n) is 16.8. The Labute approximate surface area is 325 Å². The molecule has 0 heterocycles. The molecule has 0 aromatic carbocycles. The summed E-state index contributed by atoms with van der Waals surface area (Å²) in [5, 5.41) is 0. The minimum atomic E-state index is 0. The van der Waals surface area contributed by atoms with Crippen LogP contribution in [0.5, 0.6) is 0 Å². The molecule has 0 aromatic rings. The van der Waals surface area contributed by atoms with Gasteiger partial charge in [0.15, 0.2) is 0 Å². The summed E-state index contributed by atoms with van der Waals surface area (Å²) in [6.45, 7) is 8.95. The summed E-state index contributed by atoms with van der Waals surface area (Å²) >= 11 is 0. The minimum absolute atomic E-state index is 0. The Hall–Kier alpha value is 0.266. The molecule has 0 aliphatic heterocycles. The Kier molecular flexibility index (Phi) is 45.8. The van der Waals surface area contributed by atoms with E-state index in [-0.39, 0.29) is 77.2 Å². The molecule has 4 aliphatic rings. The fraction of sp³-hybridized carbons (Fsp3) is 0.600. The van der Waals surface area contributed by atoms with Crippen LogP contribution in [0, 0.1) is 24.3 Å². The molecule has 0 aromatic heterocycles. The van der Waals surface area contributed by atoms with E-state index in [1.54, 1.807) is 0 Å². The maximum absolute atomic E-state index is 3.32. The van der Waals surface area contributed by atoms with Crippen molar-refractivity contribution in [1.29, 1.82) is 0 Å². The molecule has 0 radical (unpaired) electrons. The molecule has 4 aliphatic carbocycles. The van der Waals surface area contributed by atoms with Crippen LogP contribution in [0.2, 0.25) is 0 Å². The zero-order valence-electron chi connectivity index (χ0n) is 28.5.